The number of nitrogens with one attached hydrogen (secondary N) is 2. The zero-order chi connectivity index (χ0) is 10.6. The first kappa shape index (κ1) is 11.4. The summed E-state index contributed by atoms with van der Waals surface area (Å²) in [5, 5.41) is 4.52. The zero-order valence-electron chi connectivity index (χ0n) is 7.80. The van der Waals surface area contributed by atoms with E-state index in [2.05, 4.69) is 10.6 Å². The maximum Gasteiger partial charge on any atom is 0.309 e. The Labute approximate surface area is 75.9 Å². The van der Waals surface area contributed by atoms with Crippen LogP contribution in [0.15, 0.2) is 0 Å². The molecule has 13 heavy (non-hydrogen) atoms. The van der Waals surface area contributed by atoms with E-state index in [4.69, 9.17) is 5.73 Å². The van der Waals surface area contributed by atoms with Gasteiger partial charge in [-0.25, -0.2) is 0 Å². The Morgan fingerprint density at radius 3 is 2.00 bits per heavy atom. The molecule has 0 heterocycles. The lowest BCUT2D eigenvalue weighted by Gasteiger charge is -2.22. The van der Waals surface area contributed by atoms with Crippen LogP contribution in [0.25, 0.3) is 0 Å². The fraction of sp³-hybridized carbons (Fsp3) is 0.571. The van der Waals surface area contributed by atoms with Gasteiger partial charge >= 0.3 is 11.8 Å². The van der Waals surface area contributed by atoms with E-state index in [1.54, 1.807) is 0 Å². The molecule has 0 bridgehead atoms. The van der Waals surface area contributed by atoms with E-state index < -0.39 is 23.3 Å². The molecule has 0 aliphatic heterocycles. The first-order chi connectivity index (χ1) is 5.81. The predicted octanol–water partition coefficient (Wildman–Crippen LogP) is -1.89. The lowest BCUT2D eigenvalue weighted by atomic mass is 10.0. The van der Waals surface area contributed by atoms with Gasteiger partial charge in [0.1, 0.15) is 5.54 Å². The highest BCUT2D eigenvalue weighted by Gasteiger charge is 2.29. The predicted molar refractivity (Wildman–Crippen MR) is 45.5 cm³/mol. The van der Waals surface area contributed by atoms with Crippen LogP contribution in [0.2, 0.25) is 0 Å². The normalized spacial score (nSPS) is 10.4. The van der Waals surface area contributed by atoms with Crippen molar-refractivity contribution in [2.75, 3.05) is 7.05 Å². The van der Waals surface area contributed by atoms with Crippen LogP contribution in [0.3, 0.4) is 0 Å². The molecule has 3 amide bonds. The highest BCUT2D eigenvalue weighted by Crippen LogP contribution is 2.00. The summed E-state index contributed by atoms with van der Waals surface area (Å²) < 4.78 is 0. The third-order valence-corrected chi connectivity index (χ3v) is 1.44. The standard InChI is InChI=1S/C7H13N3O3/c1-7(2,6(13)9-3)10-5(12)4(8)11/h1-3H3,(H2,8,11)(H,9,13)(H,10,12). The van der Waals surface area contributed by atoms with Crippen LogP contribution in [-0.2, 0) is 14.4 Å². The van der Waals surface area contributed by atoms with Crippen molar-refractivity contribution in [3.05, 3.63) is 0 Å². The Balaban J connectivity index is 4.42. The van der Waals surface area contributed by atoms with Gasteiger partial charge in [-0.05, 0) is 13.8 Å². The Morgan fingerprint density at radius 2 is 1.69 bits per heavy atom. The third-order valence-electron chi connectivity index (χ3n) is 1.44. The number of rotatable bonds is 2. The smallest absolute Gasteiger partial charge is 0.309 e. The average molecular weight is 187 g/mol. The summed E-state index contributed by atoms with van der Waals surface area (Å²) in [7, 11) is 1.43. The summed E-state index contributed by atoms with van der Waals surface area (Å²) in [4.78, 5) is 32.3. The number of nitrogens with two attached hydrogens (primary N) is 1. The van der Waals surface area contributed by atoms with Crippen LogP contribution in [0, 0.1) is 0 Å². The lowest BCUT2D eigenvalue weighted by molar-refractivity contribution is -0.140. The van der Waals surface area contributed by atoms with E-state index in [0.717, 1.165) is 0 Å². The number of carbonyl (C=O) groups is 3. The van der Waals surface area contributed by atoms with Crippen molar-refractivity contribution in [1.29, 1.82) is 0 Å². The van der Waals surface area contributed by atoms with Crippen LogP contribution >= 0.6 is 0 Å². The quantitative estimate of drug-likeness (QED) is 0.440. The molecule has 0 aromatic rings. The van der Waals surface area contributed by atoms with Gasteiger partial charge in [0, 0.05) is 7.05 Å². The molecule has 0 saturated heterocycles. The van der Waals surface area contributed by atoms with E-state index in [1.165, 1.54) is 20.9 Å². The third kappa shape index (κ3) is 3.10. The van der Waals surface area contributed by atoms with E-state index in [9.17, 15) is 14.4 Å². The van der Waals surface area contributed by atoms with E-state index in [-0.39, 0.29) is 0 Å². The van der Waals surface area contributed by atoms with Crippen molar-refractivity contribution in [3.8, 4) is 0 Å². The van der Waals surface area contributed by atoms with Crippen molar-refractivity contribution in [2.24, 2.45) is 5.73 Å². The molecule has 0 fully saturated rings. The number of hydrogen-bond acceptors (Lipinski definition) is 3. The molecule has 4 N–H and O–H groups in total. The topological polar surface area (TPSA) is 101 Å². The number of primary amides is 1. The molecule has 0 aromatic carbocycles. The molecule has 0 rings (SSSR count). The first-order valence-electron chi connectivity index (χ1n) is 3.65. The molecule has 0 aliphatic rings. The molecular weight excluding hydrogens is 174 g/mol. The molecule has 6 heteroatoms. The molecule has 0 unspecified atom stereocenters. The number of hydrogen-bond donors (Lipinski definition) is 3. The summed E-state index contributed by atoms with van der Waals surface area (Å²) in [6.45, 7) is 2.93. The maximum atomic E-state index is 11.1. The monoisotopic (exact) mass is 187 g/mol. The Kier molecular flexibility index (Phi) is 3.41. The second kappa shape index (κ2) is 3.88. The van der Waals surface area contributed by atoms with Gasteiger partial charge in [-0.3, -0.25) is 14.4 Å². The van der Waals surface area contributed by atoms with Gasteiger partial charge in [-0.2, -0.15) is 0 Å². The Bertz CT molecular complexity index is 247. The number of carbonyl (C=O) groups excluding carboxylic acids is 3. The van der Waals surface area contributed by atoms with Gasteiger partial charge < -0.3 is 16.4 Å². The van der Waals surface area contributed by atoms with E-state index in [1.807, 2.05) is 0 Å². The average Bonchev–Trinajstić information content (AvgIpc) is 2.01. The van der Waals surface area contributed by atoms with Crippen molar-refractivity contribution < 1.29 is 14.4 Å². The largest absolute Gasteiger partial charge is 0.361 e. The summed E-state index contributed by atoms with van der Waals surface area (Å²) >= 11 is 0. The van der Waals surface area contributed by atoms with Crippen LogP contribution in [0.4, 0.5) is 0 Å². The van der Waals surface area contributed by atoms with Gasteiger partial charge in [-0.15, -0.1) is 0 Å². The number of amides is 3. The van der Waals surface area contributed by atoms with Crippen LogP contribution in [-0.4, -0.2) is 30.3 Å². The van der Waals surface area contributed by atoms with Crippen molar-refractivity contribution in [1.82, 2.24) is 10.6 Å². The summed E-state index contributed by atoms with van der Waals surface area (Å²) in [5.41, 5.74) is 3.56. The zero-order valence-corrected chi connectivity index (χ0v) is 7.80. The molecule has 6 nitrogen and oxygen atoms in total. The van der Waals surface area contributed by atoms with Crippen LogP contribution in [0.5, 0.6) is 0 Å². The van der Waals surface area contributed by atoms with Crippen molar-refractivity contribution >= 4 is 17.7 Å². The molecular formula is C7H13N3O3. The maximum absolute atomic E-state index is 11.1. The minimum atomic E-state index is -1.14. The molecule has 74 valence electrons. The fourth-order valence-corrected chi connectivity index (χ4v) is 0.715. The fourth-order valence-electron chi connectivity index (χ4n) is 0.715. The number of likely N-dealkylation sites (N-methyl/N-ethyl adjacent to an activating group) is 1. The lowest BCUT2D eigenvalue weighted by Crippen LogP contribution is -2.56. The SMILES string of the molecule is CNC(=O)C(C)(C)NC(=O)C(N)=O. The molecule has 0 aliphatic carbocycles. The van der Waals surface area contributed by atoms with Gasteiger partial charge in [0.2, 0.25) is 5.91 Å². The second-order valence-electron chi connectivity index (χ2n) is 3.02. The van der Waals surface area contributed by atoms with Crippen LogP contribution < -0.4 is 16.4 Å². The summed E-state index contributed by atoms with van der Waals surface area (Å²) in [6.07, 6.45) is 0. The Hall–Kier alpha value is -1.59. The molecule has 0 spiro atoms. The van der Waals surface area contributed by atoms with Crippen LogP contribution in [0.1, 0.15) is 13.8 Å². The highest BCUT2D eigenvalue weighted by molar-refractivity contribution is 6.35. The first-order valence-corrected chi connectivity index (χ1v) is 3.65. The minimum Gasteiger partial charge on any atom is -0.361 e. The minimum absolute atomic E-state index is 0.401. The second-order valence-corrected chi connectivity index (χ2v) is 3.02. The van der Waals surface area contributed by atoms with Gasteiger partial charge in [-0.1, -0.05) is 0 Å². The molecule has 0 aromatic heterocycles. The highest BCUT2D eigenvalue weighted by atomic mass is 16.2. The molecule has 0 saturated carbocycles. The molecule has 0 atom stereocenters. The van der Waals surface area contributed by atoms with E-state index in [0.29, 0.717) is 0 Å². The molecule has 0 radical (unpaired) electrons. The van der Waals surface area contributed by atoms with E-state index >= 15 is 0 Å². The van der Waals surface area contributed by atoms with Crippen molar-refractivity contribution in [3.63, 3.8) is 0 Å². The van der Waals surface area contributed by atoms with Gasteiger partial charge in [0.15, 0.2) is 0 Å². The van der Waals surface area contributed by atoms with Crippen molar-refractivity contribution in [2.45, 2.75) is 19.4 Å². The Morgan fingerprint density at radius 1 is 1.23 bits per heavy atom. The summed E-state index contributed by atoms with van der Waals surface area (Å²) in [5.74, 6) is -2.49. The van der Waals surface area contributed by atoms with Gasteiger partial charge in [0.05, 0.1) is 0 Å². The van der Waals surface area contributed by atoms with Gasteiger partial charge in [0.25, 0.3) is 0 Å². The summed E-state index contributed by atoms with van der Waals surface area (Å²) in [6, 6.07) is 0.